The lowest BCUT2D eigenvalue weighted by atomic mass is 9.55. The molecule has 0 saturated carbocycles. The van der Waals surface area contributed by atoms with E-state index in [0.29, 0.717) is 17.5 Å². The molecule has 1 heterocycles. The molecule has 3 aliphatic carbocycles. The summed E-state index contributed by atoms with van der Waals surface area (Å²) in [6.45, 7) is 4.79. The number of allylic oxidation sites excluding steroid dienone is 6. The Hall–Kier alpha value is -8.79. The van der Waals surface area contributed by atoms with Gasteiger partial charge in [-0.3, -0.25) is 0 Å². The summed E-state index contributed by atoms with van der Waals surface area (Å²) in [7, 11) is 0. The third-order valence-corrected chi connectivity index (χ3v) is 15.1. The Morgan fingerprint density at radius 2 is 0.789 bits per heavy atom. The van der Waals surface area contributed by atoms with E-state index in [9.17, 15) is 0 Å². The van der Waals surface area contributed by atoms with Crippen LogP contribution >= 0.6 is 0 Å². The zero-order chi connectivity index (χ0) is 47.5. The number of rotatable bonds is 7. The lowest BCUT2D eigenvalue weighted by molar-refractivity contribution is 0.552. The molecule has 1 unspecified atom stereocenters. The molecule has 10 aromatic rings. The monoisotopic (exact) mass is 907 g/mol. The van der Waals surface area contributed by atoms with Gasteiger partial charge in [0.15, 0.2) is 17.5 Å². The van der Waals surface area contributed by atoms with E-state index >= 15 is 0 Å². The highest BCUT2D eigenvalue weighted by atomic mass is 15.0. The molecule has 3 heteroatoms. The Bertz CT molecular complexity index is 3770. The van der Waals surface area contributed by atoms with Crippen LogP contribution in [0, 0.1) is 0 Å². The minimum absolute atomic E-state index is 0.219. The molecular formula is C68H49N3. The van der Waals surface area contributed by atoms with Crippen LogP contribution in [0.5, 0.6) is 0 Å². The molecule has 0 aliphatic heterocycles. The zero-order valence-electron chi connectivity index (χ0n) is 39.7. The molecular weight excluding hydrogens is 859 g/mol. The third-order valence-electron chi connectivity index (χ3n) is 15.1. The highest BCUT2D eigenvalue weighted by Crippen LogP contribution is 2.64. The molecule has 0 radical (unpaired) electrons. The van der Waals surface area contributed by atoms with Crippen LogP contribution in [-0.2, 0) is 10.8 Å². The van der Waals surface area contributed by atoms with Crippen molar-refractivity contribution in [1.29, 1.82) is 0 Å². The smallest absolute Gasteiger partial charge is 0.164 e. The Morgan fingerprint density at radius 1 is 0.338 bits per heavy atom. The summed E-state index contributed by atoms with van der Waals surface area (Å²) in [4.78, 5) is 16.0. The van der Waals surface area contributed by atoms with Gasteiger partial charge in [0.05, 0.1) is 5.41 Å². The predicted octanol–water partition coefficient (Wildman–Crippen LogP) is 17.0. The zero-order valence-corrected chi connectivity index (χ0v) is 39.7. The van der Waals surface area contributed by atoms with E-state index in [4.69, 9.17) is 15.0 Å². The van der Waals surface area contributed by atoms with E-state index in [2.05, 4.69) is 244 Å². The van der Waals surface area contributed by atoms with E-state index in [1.807, 2.05) is 18.2 Å². The molecule has 336 valence electrons. The van der Waals surface area contributed by atoms with Crippen molar-refractivity contribution < 1.29 is 0 Å². The van der Waals surface area contributed by atoms with E-state index in [0.717, 1.165) is 45.4 Å². The first-order valence-electron chi connectivity index (χ1n) is 24.6. The molecule has 1 aromatic heterocycles. The molecule has 0 fully saturated rings. The molecule has 1 atom stereocenters. The second-order valence-corrected chi connectivity index (χ2v) is 19.4. The molecule has 0 bridgehead atoms. The van der Waals surface area contributed by atoms with Crippen LogP contribution in [0.3, 0.4) is 0 Å². The van der Waals surface area contributed by atoms with Crippen LogP contribution < -0.4 is 0 Å². The van der Waals surface area contributed by atoms with Gasteiger partial charge in [0.1, 0.15) is 0 Å². The lowest BCUT2D eigenvalue weighted by Crippen LogP contribution is -2.40. The second kappa shape index (κ2) is 17.0. The maximum atomic E-state index is 5.44. The number of nitrogens with zero attached hydrogens (tertiary/aromatic N) is 3. The van der Waals surface area contributed by atoms with Crippen molar-refractivity contribution in [3.63, 3.8) is 0 Å². The first-order chi connectivity index (χ1) is 34.9. The third kappa shape index (κ3) is 6.99. The highest BCUT2D eigenvalue weighted by molar-refractivity contribution is 5.97. The molecule has 13 rings (SSSR count). The molecule has 0 saturated heterocycles. The van der Waals surface area contributed by atoms with Gasteiger partial charge in [0, 0.05) is 22.1 Å². The Labute approximate surface area is 416 Å². The summed E-state index contributed by atoms with van der Waals surface area (Å²) in [6, 6.07) is 81.1. The number of hydrogen-bond donors (Lipinski definition) is 0. The molecule has 0 N–H and O–H groups in total. The first kappa shape index (κ1) is 42.3. The SMILES string of the molecule is CC1(C)C2=C(CC=CC=C2)C2(c3ccc(-c4cccc(-c5ccc(-c6ccccc6)cc5)c4)cc3-c3c(-c4nc(-c5ccccc5)nc(-c5ccc(-c6ccccc6)cc5)n4)cccc32)c2ccccc21. The summed E-state index contributed by atoms with van der Waals surface area (Å²) >= 11 is 0. The fraction of sp³-hybridized carbons (Fsp3) is 0.0735. The van der Waals surface area contributed by atoms with Crippen molar-refractivity contribution in [2.45, 2.75) is 31.1 Å². The van der Waals surface area contributed by atoms with Gasteiger partial charge < -0.3 is 0 Å². The van der Waals surface area contributed by atoms with Crippen LogP contribution in [0.2, 0.25) is 0 Å². The quantitative estimate of drug-likeness (QED) is 0.160. The van der Waals surface area contributed by atoms with Gasteiger partial charge in [-0.05, 0) is 108 Å². The van der Waals surface area contributed by atoms with Gasteiger partial charge in [0.25, 0.3) is 0 Å². The van der Waals surface area contributed by atoms with Gasteiger partial charge >= 0.3 is 0 Å². The van der Waals surface area contributed by atoms with Crippen molar-refractivity contribution in [3.8, 4) is 89.8 Å². The standard InChI is InChI=1S/C68H49N3/c1-67(2)58-28-13-6-14-30-60(58)68(61-31-16-15-29-59(61)67)57-42-41-54(53-26-17-25-52(43-53)49-35-33-47(34-36-49)45-19-7-3-8-20-45)44-56(57)63-55(27-18-32-62(63)68)66-70-64(50-23-11-5-12-24-50)69-65(71-66)51-39-37-48(38-40-51)46-21-9-4-10-22-46/h3-29,31-44H,30H2,1-2H3. The number of fused-ring (bicyclic) bond motifs is 8. The highest BCUT2D eigenvalue weighted by Gasteiger charge is 2.54. The van der Waals surface area contributed by atoms with Gasteiger partial charge in [-0.1, -0.05) is 250 Å². The van der Waals surface area contributed by atoms with Crippen molar-refractivity contribution in [1.82, 2.24) is 15.0 Å². The van der Waals surface area contributed by atoms with Crippen LogP contribution in [-0.4, -0.2) is 15.0 Å². The maximum absolute atomic E-state index is 5.44. The Morgan fingerprint density at radius 3 is 1.44 bits per heavy atom. The Kier molecular flexibility index (Phi) is 10.1. The normalized spacial score (nSPS) is 16.0. The van der Waals surface area contributed by atoms with Crippen LogP contribution in [0.25, 0.3) is 89.8 Å². The van der Waals surface area contributed by atoms with E-state index in [1.165, 1.54) is 66.8 Å². The van der Waals surface area contributed by atoms with Crippen molar-refractivity contribution in [2.75, 3.05) is 0 Å². The average Bonchev–Trinajstić information content (AvgIpc) is 3.53. The fourth-order valence-electron chi connectivity index (χ4n) is 11.7. The minimum atomic E-state index is -0.576. The molecule has 3 aliphatic rings. The lowest BCUT2D eigenvalue weighted by Gasteiger charge is -2.47. The summed E-state index contributed by atoms with van der Waals surface area (Å²) in [5, 5.41) is 0. The molecule has 71 heavy (non-hydrogen) atoms. The predicted molar refractivity (Wildman–Crippen MR) is 293 cm³/mol. The Balaban J connectivity index is 1.04. The van der Waals surface area contributed by atoms with Gasteiger partial charge in [-0.25, -0.2) is 15.0 Å². The van der Waals surface area contributed by atoms with Crippen molar-refractivity contribution in [3.05, 3.63) is 282 Å². The summed E-state index contributed by atoms with van der Waals surface area (Å²) < 4.78 is 0. The summed E-state index contributed by atoms with van der Waals surface area (Å²) in [5.74, 6) is 1.92. The first-order valence-corrected chi connectivity index (χ1v) is 24.6. The van der Waals surface area contributed by atoms with Gasteiger partial charge in [-0.15, -0.1) is 0 Å². The number of benzene rings is 9. The van der Waals surface area contributed by atoms with Crippen LogP contribution in [0.4, 0.5) is 0 Å². The average molecular weight is 908 g/mol. The summed E-state index contributed by atoms with van der Waals surface area (Å²) in [6.07, 6.45) is 9.98. The second-order valence-electron chi connectivity index (χ2n) is 19.4. The van der Waals surface area contributed by atoms with E-state index in [-0.39, 0.29) is 5.41 Å². The number of aromatic nitrogens is 3. The molecule has 3 nitrogen and oxygen atoms in total. The molecule has 0 amide bonds. The van der Waals surface area contributed by atoms with E-state index in [1.54, 1.807) is 0 Å². The van der Waals surface area contributed by atoms with Gasteiger partial charge in [-0.2, -0.15) is 0 Å². The fourth-order valence-corrected chi connectivity index (χ4v) is 11.7. The molecule has 1 spiro atoms. The topological polar surface area (TPSA) is 38.7 Å². The maximum Gasteiger partial charge on any atom is 0.164 e. The molecule has 9 aromatic carbocycles. The summed E-state index contributed by atoms with van der Waals surface area (Å²) in [5.41, 5.74) is 21.8. The van der Waals surface area contributed by atoms with Crippen molar-refractivity contribution in [2.24, 2.45) is 0 Å². The van der Waals surface area contributed by atoms with Crippen LogP contribution in [0.1, 0.15) is 42.5 Å². The number of hydrogen-bond acceptors (Lipinski definition) is 3. The van der Waals surface area contributed by atoms with Crippen LogP contribution in [0.15, 0.2) is 260 Å². The van der Waals surface area contributed by atoms with Gasteiger partial charge in [0.2, 0.25) is 0 Å². The van der Waals surface area contributed by atoms with E-state index < -0.39 is 5.41 Å². The van der Waals surface area contributed by atoms with Crippen molar-refractivity contribution >= 4 is 0 Å². The largest absolute Gasteiger partial charge is 0.208 e. The minimum Gasteiger partial charge on any atom is -0.208 e.